The van der Waals surface area contributed by atoms with Gasteiger partial charge in [0.15, 0.2) is 0 Å². The van der Waals surface area contributed by atoms with Gasteiger partial charge in [-0.05, 0) is 24.2 Å². The highest BCUT2D eigenvalue weighted by Crippen LogP contribution is 2.40. The van der Waals surface area contributed by atoms with Crippen molar-refractivity contribution in [1.82, 2.24) is 5.32 Å². The normalized spacial score (nSPS) is 21.1. The molecule has 1 saturated carbocycles. The van der Waals surface area contributed by atoms with Crippen LogP contribution in [0.3, 0.4) is 0 Å². The minimum absolute atomic E-state index is 0.164. The SMILES string of the molecule is CC(CNC(=O)C1(CN)CCC1)C(C)(C)C. The third-order valence-electron chi connectivity index (χ3n) is 4.23. The molecule has 1 aliphatic carbocycles. The highest BCUT2D eigenvalue weighted by Gasteiger charge is 2.42. The molecule has 1 amide bonds. The second kappa shape index (κ2) is 4.74. The Morgan fingerprint density at radius 2 is 2.00 bits per heavy atom. The fourth-order valence-corrected chi connectivity index (χ4v) is 1.87. The van der Waals surface area contributed by atoms with E-state index in [9.17, 15) is 4.79 Å². The zero-order valence-corrected chi connectivity index (χ0v) is 11.1. The van der Waals surface area contributed by atoms with Crippen LogP contribution in [0.25, 0.3) is 0 Å². The summed E-state index contributed by atoms with van der Waals surface area (Å²) in [6.07, 6.45) is 3.05. The first kappa shape index (κ1) is 13.5. The van der Waals surface area contributed by atoms with E-state index >= 15 is 0 Å². The summed E-state index contributed by atoms with van der Waals surface area (Å²) in [6.45, 7) is 10.0. The van der Waals surface area contributed by atoms with E-state index in [4.69, 9.17) is 5.73 Å². The van der Waals surface area contributed by atoms with Gasteiger partial charge in [0.05, 0.1) is 5.41 Å². The van der Waals surface area contributed by atoms with Gasteiger partial charge in [-0.25, -0.2) is 0 Å². The number of rotatable bonds is 4. The Morgan fingerprint density at radius 1 is 1.44 bits per heavy atom. The maximum Gasteiger partial charge on any atom is 0.227 e. The number of hydrogen-bond acceptors (Lipinski definition) is 2. The van der Waals surface area contributed by atoms with E-state index in [2.05, 4.69) is 33.0 Å². The lowest BCUT2D eigenvalue weighted by molar-refractivity contribution is -0.135. The standard InChI is InChI=1S/C13H26N2O/c1-10(12(2,3)4)8-15-11(16)13(9-14)6-5-7-13/h10H,5-9,14H2,1-4H3,(H,15,16). The van der Waals surface area contributed by atoms with Crippen molar-refractivity contribution in [1.29, 1.82) is 0 Å². The quantitative estimate of drug-likeness (QED) is 0.769. The summed E-state index contributed by atoms with van der Waals surface area (Å²) in [4.78, 5) is 12.0. The topological polar surface area (TPSA) is 55.1 Å². The van der Waals surface area contributed by atoms with Crippen LogP contribution in [0.2, 0.25) is 0 Å². The first-order valence-corrected chi connectivity index (χ1v) is 6.30. The van der Waals surface area contributed by atoms with Gasteiger partial charge in [-0.1, -0.05) is 34.1 Å². The van der Waals surface area contributed by atoms with Crippen molar-refractivity contribution in [2.45, 2.75) is 47.0 Å². The molecule has 0 aromatic heterocycles. The van der Waals surface area contributed by atoms with E-state index in [1.807, 2.05) is 0 Å². The second-order valence-electron chi connectivity index (χ2n) is 6.32. The first-order chi connectivity index (χ1) is 7.32. The fourth-order valence-electron chi connectivity index (χ4n) is 1.87. The number of carbonyl (C=O) groups is 1. The van der Waals surface area contributed by atoms with Gasteiger partial charge >= 0.3 is 0 Å². The summed E-state index contributed by atoms with van der Waals surface area (Å²) in [6, 6.07) is 0. The number of carbonyl (C=O) groups excluding carboxylic acids is 1. The molecule has 1 aliphatic rings. The van der Waals surface area contributed by atoms with Crippen LogP contribution < -0.4 is 11.1 Å². The van der Waals surface area contributed by atoms with Crippen molar-refractivity contribution >= 4 is 5.91 Å². The fraction of sp³-hybridized carbons (Fsp3) is 0.923. The molecule has 3 N–H and O–H groups in total. The summed E-state index contributed by atoms with van der Waals surface area (Å²) in [5.74, 6) is 0.642. The molecule has 1 atom stereocenters. The van der Waals surface area contributed by atoms with E-state index in [-0.39, 0.29) is 16.7 Å². The second-order valence-corrected chi connectivity index (χ2v) is 6.32. The van der Waals surface area contributed by atoms with Crippen LogP contribution in [0.4, 0.5) is 0 Å². The molecular formula is C13H26N2O. The van der Waals surface area contributed by atoms with Crippen LogP contribution in [0.1, 0.15) is 47.0 Å². The Kier molecular flexibility index (Phi) is 4.00. The largest absolute Gasteiger partial charge is 0.355 e. The Bertz CT molecular complexity index is 246. The number of amides is 1. The molecule has 94 valence electrons. The summed E-state index contributed by atoms with van der Waals surface area (Å²) < 4.78 is 0. The number of nitrogens with two attached hydrogens (primary N) is 1. The van der Waals surface area contributed by atoms with E-state index in [1.54, 1.807) is 0 Å². The van der Waals surface area contributed by atoms with Crippen molar-refractivity contribution in [3.05, 3.63) is 0 Å². The molecular weight excluding hydrogens is 200 g/mol. The number of nitrogens with one attached hydrogen (secondary N) is 1. The van der Waals surface area contributed by atoms with Crippen molar-refractivity contribution < 1.29 is 4.79 Å². The minimum Gasteiger partial charge on any atom is -0.355 e. The Labute approximate surface area is 99.2 Å². The summed E-state index contributed by atoms with van der Waals surface area (Å²) >= 11 is 0. The van der Waals surface area contributed by atoms with Crippen molar-refractivity contribution in [2.75, 3.05) is 13.1 Å². The Hall–Kier alpha value is -0.570. The highest BCUT2D eigenvalue weighted by molar-refractivity contribution is 5.83. The monoisotopic (exact) mass is 226 g/mol. The van der Waals surface area contributed by atoms with Crippen molar-refractivity contribution in [3.63, 3.8) is 0 Å². The zero-order chi connectivity index (χ0) is 12.4. The van der Waals surface area contributed by atoms with Crippen LogP contribution >= 0.6 is 0 Å². The lowest BCUT2D eigenvalue weighted by Gasteiger charge is -2.39. The van der Waals surface area contributed by atoms with Gasteiger partial charge < -0.3 is 11.1 Å². The van der Waals surface area contributed by atoms with Gasteiger partial charge in [-0.2, -0.15) is 0 Å². The van der Waals surface area contributed by atoms with E-state index in [0.717, 1.165) is 25.8 Å². The van der Waals surface area contributed by atoms with Gasteiger partial charge in [0, 0.05) is 13.1 Å². The van der Waals surface area contributed by atoms with Gasteiger partial charge in [-0.15, -0.1) is 0 Å². The van der Waals surface area contributed by atoms with Gasteiger partial charge in [0.1, 0.15) is 0 Å². The third-order valence-corrected chi connectivity index (χ3v) is 4.23. The predicted molar refractivity (Wildman–Crippen MR) is 67.0 cm³/mol. The lowest BCUT2D eigenvalue weighted by atomic mass is 9.68. The van der Waals surface area contributed by atoms with Crippen LogP contribution in [-0.4, -0.2) is 19.0 Å². The minimum atomic E-state index is -0.238. The molecule has 16 heavy (non-hydrogen) atoms. The molecule has 0 spiro atoms. The summed E-state index contributed by atoms with van der Waals surface area (Å²) in [5, 5.41) is 3.06. The molecule has 0 radical (unpaired) electrons. The lowest BCUT2D eigenvalue weighted by Crippen LogP contribution is -2.51. The molecule has 3 nitrogen and oxygen atoms in total. The van der Waals surface area contributed by atoms with Gasteiger partial charge in [-0.3, -0.25) is 4.79 Å². The van der Waals surface area contributed by atoms with Crippen molar-refractivity contribution in [2.24, 2.45) is 22.5 Å². The smallest absolute Gasteiger partial charge is 0.227 e. The molecule has 1 rings (SSSR count). The van der Waals surface area contributed by atoms with Crippen LogP contribution in [-0.2, 0) is 4.79 Å². The zero-order valence-electron chi connectivity index (χ0n) is 11.1. The average molecular weight is 226 g/mol. The highest BCUT2D eigenvalue weighted by atomic mass is 16.2. The van der Waals surface area contributed by atoms with Gasteiger partial charge in [0.2, 0.25) is 5.91 Å². The van der Waals surface area contributed by atoms with E-state index < -0.39 is 0 Å². The molecule has 0 aliphatic heterocycles. The van der Waals surface area contributed by atoms with Crippen LogP contribution in [0.5, 0.6) is 0 Å². The maximum absolute atomic E-state index is 12.0. The van der Waals surface area contributed by atoms with E-state index in [1.165, 1.54) is 0 Å². The molecule has 0 aromatic carbocycles. The van der Waals surface area contributed by atoms with Crippen LogP contribution in [0.15, 0.2) is 0 Å². The third kappa shape index (κ3) is 2.76. The Balaban J connectivity index is 2.41. The van der Waals surface area contributed by atoms with E-state index in [0.29, 0.717) is 12.5 Å². The van der Waals surface area contributed by atoms with Gasteiger partial charge in [0.25, 0.3) is 0 Å². The predicted octanol–water partition coefficient (Wildman–Crippen LogP) is 1.91. The molecule has 0 aromatic rings. The molecule has 1 unspecified atom stereocenters. The average Bonchev–Trinajstić information content (AvgIpc) is 2.11. The Morgan fingerprint density at radius 3 is 2.31 bits per heavy atom. The molecule has 1 fully saturated rings. The summed E-state index contributed by atoms with van der Waals surface area (Å²) in [7, 11) is 0. The maximum atomic E-state index is 12.0. The number of hydrogen-bond donors (Lipinski definition) is 2. The molecule has 3 heteroatoms. The first-order valence-electron chi connectivity index (χ1n) is 6.30. The van der Waals surface area contributed by atoms with Crippen molar-refractivity contribution in [3.8, 4) is 0 Å². The summed E-state index contributed by atoms with van der Waals surface area (Å²) in [5.41, 5.74) is 5.70. The molecule has 0 bridgehead atoms. The molecule has 0 saturated heterocycles. The van der Waals surface area contributed by atoms with Crippen LogP contribution in [0, 0.1) is 16.7 Å². The molecule has 0 heterocycles.